The fourth-order valence-electron chi connectivity index (χ4n) is 5.72. The molecule has 1 amide bonds. The lowest BCUT2D eigenvalue weighted by Crippen LogP contribution is -2.48. The number of carbonyl (C=O) groups excluding carboxylic acids is 2. The molecule has 194 valence electrons. The van der Waals surface area contributed by atoms with Crippen molar-refractivity contribution in [2.45, 2.75) is 84.4 Å². The number of Topliss-reactive ketones (excluding diaryl/α,β-unsaturated/α-hetero) is 1. The zero-order valence-corrected chi connectivity index (χ0v) is 22.8. The summed E-state index contributed by atoms with van der Waals surface area (Å²) >= 11 is 6.22. The Labute approximate surface area is 220 Å². The van der Waals surface area contributed by atoms with Crippen LogP contribution >= 0.6 is 11.6 Å². The van der Waals surface area contributed by atoms with Crippen LogP contribution in [0, 0.1) is 11.8 Å². The summed E-state index contributed by atoms with van der Waals surface area (Å²) in [4.78, 5) is 28.5. The molecule has 0 radical (unpaired) electrons. The molecule has 0 spiro atoms. The number of ether oxygens (including phenoxy) is 2. The Bertz CT molecular complexity index is 1090. The van der Waals surface area contributed by atoms with Crippen LogP contribution in [0.15, 0.2) is 36.4 Å². The molecule has 1 heterocycles. The minimum atomic E-state index is -0.244. The van der Waals surface area contributed by atoms with E-state index in [0.717, 1.165) is 42.4 Å². The lowest BCUT2D eigenvalue weighted by Gasteiger charge is -2.45. The van der Waals surface area contributed by atoms with E-state index in [0.29, 0.717) is 41.1 Å². The summed E-state index contributed by atoms with van der Waals surface area (Å²) in [6.07, 6.45) is 4.31. The molecule has 1 fully saturated rings. The van der Waals surface area contributed by atoms with Crippen LogP contribution in [0.1, 0.15) is 82.5 Å². The number of ketones is 1. The summed E-state index contributed by atoms with van der Waals surface area (Å²) in [5, 5.41) is 0.662. The van der Waals surface area contributed by atoms with Crippen molar-refractivity contribution in [2.24, 2.45) is 11.8 Å². The van der Waals surface area contributed by atoms with Crippen LogP contribution in [-0.2, 0) is 16.0 Å². The molecule has 1 aliphatic carbocycles. The molecule has 5 nitrogen and oxygen atoms in total. The molecular weight excluding hydrogens is 474 g/mol. The molecule has 2 aromatic rings. The average molecular weight is 512 g/mol. The van der Waals surface area contributed by atoms with Crippen molar-refractivity contribution in [3.63, 3.8) is 0 Å². The first-order chi connectivity index (χ1) is 17.2. The number of methoxy groups -OCH3 is 1. The largest absolute Gasteiger partial charge is 0.493 e. The van der Waals surface area contributed by atoms with Crippen molar-refractivity contribution in [3.05, 3.63) is 58.1 Å². The fourth-order valence-corrected chi connectivity index (χ4v) is 5.85. The van der Waals surface area contributed by atoms with E-state index < -0.39 is 0 Å². The molecule has 36 heavy (non-hydrogen) atoms. The maximum Gasteiger partial charge on any atom is 0.228 e. The Morgan fingerprint density at radius 2 is 1.69 bits per heavy atom. The van der Waals surface area contributed by atoms with E-state index in [2.05, 4.69) is 18.7 Å². The van der Waals surface area contributed by atoms with E-state index >= 15 is 0 Å². The molecule has 0 aromatic heterocycles. The van der Waals surface area contributed by atoms with Gasteiger partial charge in [0.05, 0.1) is 25.7 Å². The van der Waals surface area contributed by atoms with Crippen molar-refractivity contribution in [1.82, 2.24) is 4.90 Å². The molecular formula is C30H38ClNO4. The van der Waals surface area contributed by atoms with E-state index in [1.54, 1.807) is 7.11 Å². The highest BCUT2D eigenvalue weighted by molar-refractivity contribution is 6.30. The highest BCUT2D eigenvalue weighted by atomic mass is 35.5. The highest BCUT2D eigenvalue weighted by Crippen LogP contribution is 2.45. The second-order valence-electron chi connectivity index (χ2n) is 10.9. The third-order valence-corrected chi connectivity index (χ3v) is 7.58. The smallest absolute Gasteiger partial charge is 0.228 e. The minimum Gasteiger partial charge on any atom is -0.493 e. The zero-order chi connectivity index (χ0) is 26.0. The van der Waals surface area contributed by atoms with Crippen LogP contribution < -0.4 is 9.47 Å². The third kappa shape index (κ3) is 5.72. The molecule has 2 aromatic carbocycles. The number of fused-ring (bicyclic) bond motifs is 1. The lowest BCUT2D eigenvalue weighted by atomic mass is 9.78. The Hall–Kier alpha value is -2.53. The summed E-state index contributed by atoms with van der Waals surface area (Å²) in [5.74, 6) is 2.30. The number of halogens is 1. The van der Waals surface area contributed by atoms with E-state index in [9.17, 15) is 9.59 Å². The molecule has 0 saturated heterocycles. The third-order valence-electron chi connectivity index (χ3n) is 7.33. The number of benzene rings is 2. The van der Waals surface area contributed by atoms with Gasteiger partial charge in [-0.25, -0.2) is 0 Å². The Morgan fingerprint density at radius 3 is 2.28 bits per heavy atom. The molecule has 1 aliphatic heterocycles. The number of hydrogen-bond acceptors (Lipinski definition) is 4. The fraction of sp³-hybridized carbons (Fsp3) is 0.533. The first kappa shape index (κ1) is 26.5. The van der Waals surface area contributed by atoms with Crippen LogP contribution in [0.3, 0.4) is 0 Å². The molecule has 0 N–H and O–H groups in total. The van der Waals surface area contributed by atoms with Gasteiger partial charge in [0.25, 0.3) is 0 Å². The standard InChI is InChI=1S/C30H38ClNO4/c1-18(2)14-26(33)20-8-12-24(13-9-20)32-29(34)16-22-15-27(35-5)28(36-19(3)4)17-25(22)30(32)21-6-10-23(31)11-7-21/h6-7,10-11,15,17-20,24,30H,8-9,12-14,16H2,1-5H3. The van der Waals surface area contributed by atoms with Gasteiger partial charge in [0, 0.05) is 23.4 Å². The van der Waals surface area contributed by atoms with Gasteiger partial charge in [-0.1, -0.05) is 37.6 Å². The maximum atomic E-state index is 13.7. The number of amides is 1. The monoisotopic (exact) mass is 511 g/mol. The summed E-state index contributed by atoms with van der Waals surface area (Å²) in [7, 11) is 1.63. The van der Waals surface area contributed by atoms with Gasteiger partial charge >= 0.3 is 0 Å². The van der Waals surface area contributed by atoms with Gasteiger partial charge in [0.1, 0.15) is 5.78 Å². The van der Waals surface area contributed by atoms with Crippen molar-refractivity contribution in [2.75, 3.05) is 7.11 Å². The van der Waals surface area contributed by atoms with Gasteiger partial charge in [0.15, 0.2) is 11.5 Å². The average Bonchev–Trinajstić information content (AvgIpc) is 2.83. The van der Waals surface area contributed by atoms with Gasteiger partial charge in [-0.05, 0) is 86.4 Å². The van der Waals surface area contributed by atoms with E-state index in [4.69, 9.17) is 21.1 Å². The van der Waals surface area contributed by atoms with Gasteiger partial charge in [-0.2, -0.15) is 0 Å². The number of nitrogens with zero attached hydrogens (tertiary/aromatic N) is 1. The van der Waals surface area contributed by atoms with E-state index in [1.807, 2.05) is 50.2 Å². The maximum absolute atomic E-state index is 13.7. The van der Waals surface area contributed by atoms with Crippen LogP contribution in [-0.4, -0.2) is 35.8 Å². The quantitative estimate of drug-likeness (QED) is 0.391. The Morgan fingerprint density at radius 1 is 1.03 bits per heavy atom. The van der Waals surface area contributed by atoms with Crippen LogP contribution in [0.25, 0.3) is 0 Å². The minimum absolute atomic E-state index is 0.00842. The van der Waals surface area contributed by atoms with Crippen LogP contribution in [0.5, 0.6) is 11.5 Å². The molecule has 1 unspecified atom stereocenters. The second kappa shape index (κ2) is 11.2. The van der Waals surface area contributed by atoms with Crippen molar-refractivity contribution < 1.29 is 19.1 Å². The van der Waals surface area contributed by atoms with Gasteiger partial charge in [0.2, 0.25) is 5.91 Å². The first-order valence-electron chi connectivity index (χ1n) is 13.1. The summed E-state index contributed by atoms with van der Waals surface area (Å²) in [6.45, 7) is 8.17. The molecule has 1 atom stereocenters. The normalized spacial score (nSPS) is 22.1. The molecule has 0 bridgehead atoms. The number of rotatable bonds is 8. The van der Waals surface area contributed by atoms with E-state index in [1.165, 1.54) is 0 Å². The summed E-state index contributed by atoms with van der Waals surface area (Å²) in [6, 6.07) is 11.6. The predicted molar refractivity (Wildman–Crippen MR) is 143 cm³/mol. The van der Waals surface area contributed by atoms with Gasteiger partial charge in [-0.15, -0.1) is 0 Å². The SMILES string of the molecule is COc1cc2c(cc1OC(C)C)C(c1ccc(Cl)cc1)N(C1CCC(C(=O)CC(C)C)CC1)C(=O)C2. The van der Waals surface area contributed by atoms with Crippen LogP contribution in [0.2, 0.25) is 5.02 Å². The molecule has 2 aliphatic rings. The van der Waals surface area contributed by atoms with E-state index in [-0.39, 0.29) is 30.0 Å². The number of hydrogen-bond donors (Lipinski definition) is 0. The summed E-state index contributed by atoms with van der Waals surface area (Å²) in [5.41, 5.74) is 3.05. The number of carbonyl (C=O) groups is 2. The van der Waals surface area contributed by atoms with Gasteiger partial charge in [-0.3, -0.25) is 9.59 Å². The first-order valence-corrected chi connectivity index (χ1v) is 13.5. The molecule has 4 rings (SSSR count). The van der Waals surface area contributed by atoms with Crippen molar-refractivity contribution >= 4 is 23.3 Å². The topological polar surface area (TPSA) is 55.8 Å². The highest BCUT2D eigenvalue weighted by Gasteiger charge is 2.40. The van der Waals surface area contributed by atoms with Gasteiger partial charge < -0.3 is 14.4 Å². The zero-order valence-electron chi connectivity index (χ0n) is 22.1. The van der Waals surface area contributed by atoms with Crippen LogP contribution in [0.4, 0.5) is 0 Å². The predicted octanol–water partition coefficient (Wildman–Crippen LogP) is 6.78. The van der Waals surface area contributed by atoms with Crippen molar-refractivity contribution in [1.29, 1.82) is 0 Å². The molecule has 6 heteroatoms. The van der Waals surface area contributed by atoms with Crippen molar-refractivity contribution in [3.8, 4) is 11.5 Å². The second-order valence-corrected chi connectivity index (χ2v) is 11.3. The Balaban J connectivity index is 1.70. The Kier molecular flexibility index (Phi) is 8.29. The summed E-state index contributed by atoms with van der Waals surface area (Å²) < 4.78 is 11.7. The lowest BCUT2D eigenvalue weighted by molar-refractivity contribution is -0.137. The molecule has 1 saturated carbocycles.